The number of aromatic nitrogens is 3. The standard InChI is InChI=1S/C21H29N5OS2/c1-6-17-24-25-20(26(17)5)28-12-18(27)23-19-15(11-22)14-9-8-13(10-16(14)29-19)21(3,4)7-2/h13H,6-10,12H2,1-5H3,(H,23,27). The van der Waals surface area contributed by atoms with E-state index in [-0.39, 0.29) is 11.7 Å². The van der Waals surface area contributed by atoms with Gasteiger partial charge in [-0.15, -0.1) is 21.5 Å². The Morgan fingerprint density at radius 1 is 1.41 bits per heavy atom. The number of hydrogen-bond donors (Lipinski definition) is 1. The number of nitrogens with one attached hydrogen (secondary N) is 1. The van der Waals surface area contributed by atoms with Crippen molar-refractivity contribution in [1.82, 2.24) is 14.8 Å². The lowest BCUT2D eigenvalue weighted by Crippen LogP contribution is -2.28. The summed E-state index contributed by atoms with van der Waals surface area (Å²) in [5.74, 6) is 1.65. The van der Waals surface area contributed by atoms with E-state index >= 15 is 0 Å². The van der Waals surface area contributed by atoms with Crippen molar-refractivity contribution in [2.45, 2.75) is 65.0 Å². The Morgan fingerprint density at radius 2 is 2.17 bits per heavy atom. The van der Waals surface area contributed by atoms with E-state index in [2.05, 4.69) is 42.4 Å². The molecule has 1 aliphatic rings. The van der Waals surface area contributed by atoms with Gasteiger partial charge in [0.1, 0.15) is 16.9 Å². The second kappa shape index (κ2) is 8.88. The molecule has 0 fully saturated rings. The van der Waals surface area contributed by atoms with Gasteiger partial charge in [-0.3, -0.25) is 4.79 Å². The minimum Gasteiger partial charge on any atom is -0.316 e. The number of nitriles is 1. The molecule has 0 aromatic carbocycles. The number of carbonyl (C=O) groups excluding carboxylic acids is 1. The molecular weight excluding hydrogens is 402 g/mol. The van der Waals surface area contributed by atoms with Crippen molar-refractivity contribution in [3.63, 3.8) is 0 Å². The van der Waals surface area contributed by atoms with Gasteiger partial charge in [0.2, 0.25) is 5.91 Å². The van der Waals surface area contributed by atoms with E-state index < -0.39 is 0 Å². The number of nitrogens with zero attached hydrogens (tertiary/aromatic N) is 4. The Labute approximate surface area is 181 Å². The van der Waals surface area contributed by atoms with Crippen molar-refractivity contribution in [2.24, 2.45) is 18.4 Å². The zero-order valence-electron chi connectivity index (χ0n) is 17.8. The van der Waals surface area contributed by atoms with Gasteiger partial charge >= 0.3 is 0 Å². The number of aryl methyl sites for hydroxylation is 1. The summed E-state index contributed by atoms with van der Waals surface area (Å²) in [5, 5.41) is 22.4. The summed E-state index contributed by atoms with van der Waals surface area (Å²) in [6.45, 7) is 8.93. The molecule has 0 saturated carbocycles. The third kappa shape index (κ3) is 4.51. The van der Waals surface area contributed by atoms with Gasteiger partial charge < -0.3 is 9.88 Å². The molecule has 0 radical (unpaired) electrons. The minimum absolute atomic E-state index is 0.114. The first-order chi connectivity index (χ1) is 13.8. The molecule has 1 atom stereocenters. The van der Waals surface area contributed by atoms with E-state index in [1.54, 1.807) is 11.3 Å². The van der Waals surface area contributed by atoms with Crippen LogP contribution in [0.1, 0.15) is 62.4 Å². The van der Waals surface area contributed by atoms with E-state index in [9.17, 15) is 10.1 Å². The molecule has 0 aliphatic heterocycles. The fraction of sp³-hybridized carbons (Fsp3) is 0.619. The van der Waals surface area contributed by atoms with Gasteiger partial charge in [0.05, 0.1) is 11.3 Å². The number of amides is 1. The monoisotopic (exact) mass is 431 g/mol. The lowest BCUT2D eigenvalue weighted by molar-refractivity contribution is -0.113. The summed E-state index contributed by atoms with van der Waals surface area (Å²) >= 11 is 2.95. The zero-order valence-corrected chi connectivity index (χ0v) is 19.5. The van der Waals surface area contributed by atoms with E-state index in [0.29, 0.717) is 21.9 Å². The summed E-state index contributed by atoms with van der Waals surface area (Å²) in [6, 6.07) is 2.33. The number of fused-ring (bicyclic) bond motifs is 1. The summed E-state index contributed by atoms with van der Waals surface area (Å²) in [5.41, 5.74) is 2.09. The van der Waals surface area contributed by atoms with Crippen LogP contribution < -0.4 is 5.32 Å². The molecule has 0 bridgehead atoms. The molecule has 6 nitrogen and oxygen atoms in total. The highest BCUT2D eigenvalue weighted by atomic mass is 32.2. The van der Waals surface area contributed by atoms with Crippen molar-refractivity contribution >= 4 is 34.0 Å². The Bertz CT molecular complexity index is 938. The Morgan fingerprint density at radius 3 is 2.79 bits per heavy atom. The molecule has 1 aliphatic carbocycles. The molecule has 1 unspecified atom stereocenters. The predicted octanol–water partition coefficient (Wildman–Crippen LogP) is 4.58. The predicted molar refractivity (Wildman–Crippen MR) is 118 cm³/mol. The molecule has 1 amide bonds. The van der Waals surface area contributed by atoms with Crippen LogP contribution in [0.5, 0.6) is 0 Å². The normalized spacial score (nSPS) is 16.3. The molecule has 2 aromatic heterocycles. The van der Waals surface area contributed by atoms with Crippen LogP contribution in [-0.2, 0) is 31.1 Å². The maximum atomic E-state index is 12.5. The quantitative estimate of drug-likeness (QED) is 0.649. The van der Waals surface area contributed by atoms with Crippen LogP contribution in [0.25, 0.3) is 0 Å². The van der Waals surface area contributed by atoms with Crippen LogP contribution in [0.2, 0.25) is 0 Å². The van der Waals surface area contributed by atoms with E-state index in [1.165, 1.54) is 16.6 Å². The number of anilines is 1. The van der Waals surface area contributed by atoms with Crippen LogP contribution in [0.15, 0.2) is 5.16 Å². The highest BCUT2D eigenvalue weighted by Crippen LogP contribution is 2.45. The van der Waals surface area contributed by atoms with Gasteiger partial charge in [0.15, 0.2) is 5.16 Å². The molecule has 0 saturated heterocycles. The van der Waals surface area contributed by atoms with Gasteiger partial charge in [0, 0.05) is 18.3 Å². The molecule has 29 heavy (non-hydrogen) atoms. The van der Waals surface area contributed by atoms with Crippen molar-refractivity contribution in [3.8, 4) is 6.07 Å². The first-order valence-electron chi connectivity index (χ1n) is 10.2. The van der Waals surface area contributed by atoms with Gasteiger partial charge in [-0.2, -0.15) is 5.26 Å². The zero-order chi connectivity index (χ0) is 21.2. The first-order valence-corrected chi connectivity index (χ1v) is 12.0. The Kier molecular flexibility index (Phi) is 6.69. The molecule has 156 valence electrons. The van der Waals surface area contributed by atoms with E-state index in [4.69, 9.17) is 0 Å². The minimum atomic E-state index is -0.114. The summed E-state index contributed by atoms with van der Waals surface area (Å²) < 4.78 is 1.91. The maximum Gasteiger partial charge on any atom is 0.235 e. The van der Waals surface area contributed by atoms with E-state index in [1.807, 2.05) is 18.5 Å². The van der Waals surface area contributed by atoms with Crippen LogP contribution in [0.4, 0.5) is 5.00 Å². The highest BCUT2D eigenvalue weighted by molar-refractivity contribution is 7.99. The average Bonchev–Trinajstić information content (AvgIpc) is 3.24. The van der Waals surface area contributed by atoms with Gasteiger partial charge in [-0.25, -0.2) is 0 Å². The van der Waals surface area contributed by atoms with Gasteiger partial charge in [0.25, 0.3) is 0 Å². The summed E-state index contributed by atoms with van der Waals surface area (Å²) in [4.78, 5) is 13.8. The second-order valence-corrected chi connectivity index (χ2v) is 10.3. The number of carbonyl (C=O) groups is 1. The van der Waals surface area contributed by atoms with E-state index in [0.717, 1.165) is 48.6 Å². The number of thioether (sulfide) groups is 1. The van der Waals surface area contributed by atoms with Crippen molar-refractivity contribution in [3.05, 3.63) is 21.8 Å². The lowest BCUT2D eigenvalue weighted by atomic mass is 9.69. The van der Waals surface area contributed by atoms with Crippen LogP contribution in [0.3, 0.4) is 0 Å². The van der Waals surface area contributed by atoms with Gasteiger partial charge in [-0.05, 0) is 36.2 Å². The fourth-order valence-corrected chi connectivity index (χ4v) is 5.84. The molecular formula is C21H29N5OS2. The largest absolute Gasteiger partial charge is 0.316 e. The van der Waals surface area contributed by atoms with Gasteiger partial charge in [-0.1, -0.05) is 45.9 Å². The average molecular weight is 432 g/mol. The topological polar surface area (TPSA) is 83.6 Å². The number of rotatable bonds is 7. The second-order valence-electron chi connectivity index (χ2n) is 8.25. The third-order valence-corrected chi connectivity index (χ3v) is 8.41. The Hall–Kier alpha value is -1.85. The first kappa shape index (κ1) is 21.8. The van der Waals surface area contributed by atoms with Crippen molar-refractivity contribution < 1.29 is 4.79 Å². The van der Waals surface area contributed by atoms with Crippen LogP contribution in [0, 0.1) is 22.7 Å². The molecule has 3 rings (SSSR count). The fourth-order valence-electron chi connectivity index (χ4n) is 3.82. The molecule has 1 N–H and O–H groups in total. The van der Waals surface area contributed by atoms with Crippen LogP contribution >= 0.6 is 23.1 Å². The summed E-state index contributed by atoms with van der Waals surface area (Å²) in [6.07, 6.45) is 4.98. The Balaban J connectivity index is 1.69. The molecule has 8 heteroatoms. The maximum absolute atomic E-state index is 12.5. The number of thiophene rings is 1. The molecule has 0 spiro atoms. The summed E-state index contributed by atoms with van der Waals surface area (Å²) in [7, 11) is 1.91. The number of hydrogen-bond acceptors (Lipinski definition) is 6. The van der Waals surface area contributed by atoms with Crippen LogP contribution in [-0.4, -0.2) is 26.4 Å². The molecule has 2 aromatic rings. The third-order valence-electron chi connectivity index (χ3n) is 6.22. The van der Waals surface area contributed by atoms with Crippen molar-refractivity contribution in [1.29, 1.82) is 5.26 Å². The smallest absolute Gasteiger partial charge is 0.235 e. The lowest BCUT2D eigenvalue weighted by Gasteiger charge is -2.36. The van der Waals surface area contributed by atoms with Crippen molar-refractivity contribution in [2.75, 3.05) is 11.1 Å². The molecule has 2 heterocycles. The highest BCUT2D eigenvalue weighted by Gasteiger charge is 2.34. The SMILES string of the molecule is CCc1nnc(SCC(=O)Nc2sc3c(c2C#N)CCC(C(C)(C)CC)C3)n1C.